The van der Waals surface area contributed by atoms with Crippen LogP contribution in [0.15, 0.2) is 0 Å². The van der Waals surface area contributed by atoms with Gasteiger partial charge in [0, 0.05) is 13.2 Å². The van der Waals surface area contributed by atoms with Crippen molar-refractivity contribution in [2.24, 2.45) is 11.3 Å². The minimum Gasteiger partial charge on any atom is -0.379 e. The highest BCUT2D eigenvalue weighted by molar-refractivity contribution is 4.92. The van der Waals surface area contributed by atoms with Gasteiger partial charge in [-0.3, -0.25) is 0 Å². The molecule has 0 aromatic rings. The topological polar surface area (TPSA) is 21.3 Å². The Kier molecular flexibility index (Phi) is 5.67. The maximum Gasteiger partial charge on any atom is 0.0623 e. The van der Waals surface area contributed by atoms with Gasteiger partial charge in [-0.05, 0) is 57.4 Å². The van der Waals surface area contributed by atoms with E-state index >= 15 is 0 Å². The fraction of sp³-hybridized carbons (Fsp3) is 1.00. The second kappa shape index (κ2) is 6.38. The molecule has 0 spiro atoms. The molecular formula is C16H33NO. The van der Waals surface area contributed by atoms with Gasteiger partial charge in [-0.15, -0.1) is 0 Å². The van der Waals surface area contributed by atoms with Crippen LogP contribution in [0.4, 0.5) is 0 Å². The molecule has 0 aliphatic heterocycles. The van der Waals surface area contributed by atoms with Crippen LogP contribution in [-0.4, -0.2) is 25.3 Å². The largest absolute Gasteiger partial charge is 0.379 e. The summed E-state index contributed by atoms with van der Waals surface area (Å²) >= 11 is 0. The van der Waals surface area contributed by atoms with Crippen molar-refractivity contribution in [2.45, 2.75) is 78.4 Å². The molecule has 1 aliphatic carbocycles. The molecule has 0 heterocycles. The van der Waals surface area contributed by atoms with Crippen LogP contribution < -0.4 is 5.32 Å². The third-order valence-electron chi connectivity index (χ3n) is 4.90. The van der Waals surface area contributed by atoms with Crippen molar-refractivity contribution in [3.8, 4) is 0 Å². The van der Waals surface area contributed by atoms with Crippen LogP contribution in [0.2, 0.25) is 0 Å². The van der Waals surface area contributed by atoms with E-state index in [1.54, 1.807) is 0 Å². The lowest BCUT2D eigenvalue weighted by Gasteiger charge is -2.36. The maximum absolute atomic E-state index is 5.55. The predicted octanol–water partition coefficient (Wildman–Crippen LogP) is 4.00. The summed E-state index contributed by atoms with van der Waals surface area (Å²) < 4.78 is 5.55. The third kappa shape index (κ3) is 4.24. The predicted molar refractivity (Wildman–Crippen MR) is 78.9 cm³/mol. The summed E-state index contributed by atoms with van der Waals surface area (Å²) in [5.74, 6) is 0.824. The number of methoxy groups -OCH3 is 1. The number of hydrogen-bond donors (Lipinski definition) is 1. The molecule has 0 aromatic carbocycles. The average molecular weight is 255 g/mol. The Morgan fingerprint density at radius 1 is 1.39 bits per heavy atom. The monoisotopic (exact) mass is 255 g/mol. The summed E-state index contributed by atoms with van der Waals surface area (Å²) in [4.78, 5) is 0. The molecule has 1 rings (SSSR count). The van der Waals surface area contributed by atoms with Crippen molar-refractivity contribution in [1.29, 1.82) is 0 Å². The van der Waals surface area contributed by atoms with Crippen LogP contribution in [0.3, 0.4) is 0 Å². The smallest absolute Gasteiger partial charge is 0.0623 e. The lowest BCUT2D eigenvalue weighted by molar-refractivity contribution is 0.00837. The van der Waals surface area contributed by atoms with E-state index in [1.807, 2.05) is 7.11 Å². The first kappa shape index (κ1) is 16.0. The van der Waals surface area contributed by atoms with Gasteiger partial charge in [0.25, 0.3) is 0 Å². The van der Waals surface area contributed by atoms with E-state index in [0.29, 0.717) is 11.5 Å². The van der Waals surface area contributed by atoms with Crippen molar-refractivity contribution >= 4 is 0 Å². The molecule has 0 bridgehead atoms. The van der Waals surface area contributed by atoms with Crippen LogP contribution in [0.1, 0.15) is 66.7 Å². The second-order valence-corrected chi connectivity index (χ2v) is 7.15. The summed E-state index contributed by atoms with van der Waals surface area (Å²) in [6.07, 6.45) is 6.52. The van der Waals surface area contributed by atoms with Gasteiger partial charge < -0.3 is 10.1 Å². The van der Waals surface area contributed by atoms with Gasteiger partial charge in [-0.2, -0.15) is 0 Å². The normalized spacial score (nSPS) is 25.3. The summed E-state index contributed by atoms with van der Waals surface area (Å²) in [6, 6.07) is 0.655. The van der Waals surface area contributed by atoms with Crippen molar-refractivity contribution in [3.05, 3.63) is 0 Å². The summed E-state index contributed by atoms with van der Waals surface area (Å²) in [7, 11) is 1.82. The third-order valence-corrected chi connectivity index (χ3v) is 4.90. The van der Waals surface area contributed by atoms with E-state index in [4.69, 9.17) is 4.74 Å². The second-order valence-electron chi connectivity index (χ2n) is 7.15. The van der Waals surface area contributed by atoms with Crippen molar-refractivity contribution in [2.75, 3.05) is 13.7 Å². The van der Waals surface area contributed by atoms with Crippen molar-refractivity contribution < 1.29 is 4.74 Å². The Morgan fingerprint density at radius 3 is 2.50 bits per heavy atom. The molecule has 0 amide bonds. The SMILES string of the molecule is CCNC(CCC(C)(C)OC)C1CCCC1(C)C. The van der Waals surface area contributed by atoms with Crippen LogP contribution in [0, 0.1) is 11.3 Å². The minimum atomic E-state index is 0.0103. The number of ether oxygens (including phenoxy) is 1. The fourth-order valence-electron chi connectivity index (χ4n) is 3.41. The Bertz CT molecular complexity index is 247. The standard InChI is InChI=1S/C16H33NO/c1-7-17-14(10-12-16(4,5)18-6)13-9-8-11-15(13,2)3/h13-14,17H,7-12H2,1-6H3. The summed E-state index contributed by atoms with van der Waals surface area (Å²) in [5, 5.41) is 3.72. The van der Waals surface area contributed by atoms with Crippen molar-refractivity contribution in [3.63, 3.8) is 0 Å². The first-order valence-electron chi connectivity index (χ1n) is 7.61. The molecule has 0 aromatic heterocycles. The average Bonchev–Trinajstić information content (AvgIpc) is 2.64. The number of nitrogens with one attached hydrogen (secondary N) is 1. The molecule has 0 radical (unpaired) electrons. The van der Waals surface area contributed by atoms with E-state index in [-0.39, 0.29) is 5.60 Å². The van der Waals surface area contributed by atoms with Crippen LogP contribution >= 0.6 is 0 Å². The van der Waals surface area contributed by atoms with Gasteiger partial charge in [-0.1, -0.05) is 27.2 Å². The number of hydrogen-bond acceptors (Lipinski definition) is 2. The minimum absolute atomic E-state index is 0.0103. The van der Waals surface area contributed by atoms with Crippen LogP contribution in [0.5, 0.6) is 0 Å². The van der Waals surface area contributed by atoms with E-state index in [1.165, 1.54) is 25.7 Å². The molecule has 108 valence electrons. The lowest BCUT2D eigenvalue weighted by atomic mass is 9.75. The van der Waals surface area contributed by atoms with Gasteiger partial charge in [0.05, 0.1) is 5.60 Å². The number of rotatable bonds is 7. The first-order chi connectivity index (χ1) is 8.32. The Labute approximate surface area is 114 Å². The van der Waals surface area contributed by atoms with Gasteiger partial charge in [-0.25, -0.2) is 0 Å². The summed E-state index contributed by atoms with van der Waals surface area (Å²) in [5.41, 5.74) is 0.514. The van der Waals surface area contributed by atoms with E-state index in [2.05, 4.69) is 39.9 Å². The zero-order chi connectivity index (χ0) is 13.8. The van der Waals surface area contributed by atoms with E-state index < -0.39 is 0 Å². The Hall–Kier alpha value is -0.0800. The molecule has 2 nitrogen and oxygen atoms in total. The molecule has 1 saturated carbocycles. The van der Waals surface area contributed by atoms with Gasteiger partial charge in [0.2, 0.25) is 0 Å². The molecule has 2 atom stereocenters. The zero-order valence-corrected chi connectivity index (χ0v) is 13.3. The Morgan fingerprint density at radius 2 is 2.06 bits per heavy atom. The molecule has 1 aliphatic rings. The highest BCUT2D eigenvalue weighted by atomic mass is 16.5. The highest BCUT2D eigenvalue weighted by Gasteiger charge is 2.39. The zero-order valence-electron chi connectivity index (χ0n) is 13.3. The molecule has 18 heavy (non-hydrogen) atoms. The Balaban J connectivity index is 2.60. The summed E-state index contributed by atoms with van der Waals surface area (Å²) in [6.45, 7) is 12.6. The molecular weight excluding hydrogens is 222 g/mol. The molecule has 2 unspecified atom stereocenters. The lowest BCUT2D eigenvalue weighted by Crippen LogP contribution is -2.42. The maximum atomic E-state index is 5.55. The first-order valence-corrected chi connectivity index (χ1v) is 7.61. The van der Waals surface area contributed by atoms with Gasteiger partial charge in [0.1, 0.15) is 0 Å². The van der Waals surface area contributed by atoms with E-state index in [0.717, 1.165) is 18.9 Å². The van der Waals surface area contributed by atoms with Crippen LogP contribution in [0.25, 0.3) is 0 Å². The highest BCUT2D eigenvalue weighted by Crippen LogP contribution is 2.45. The molecule has 1 N–H and O–H groups in total. The van der Waals surface area contributed by atoms with Crippen molar-refractivity contribution in [1.82, 2.24) is 5.32 Å². The van der Waals surface area contributed by atoms with Crippen LogP contribution in [-0.2, 0) is 4.74 Å². The molecule has 2 heteroatoms. The van der Waals surface area contributed by atoms with Gasteiger partial charge in [0.15, 0.2) is 0 Å². The van der Waals surface area contributed by atoms with E-state index in [9.17, 15) is 0 Å². The molecule has 1 fully saturated rings. The molecule has 0 saturated heterocycles. The van der Waals surface area contributed by atoms with Gasteiger partial charge >= 0.3 is 0 Å². The quantitative estimate of drug-likeness (QED) is 0.742. The fourth-order valence-corrected chi connectivity index (χ4v) is 3.41.